The number of rotatable bonds is 3. The van der Waals surface area contributed by atoms with E-state index in [4.69, 9.17) is 17.4 Å². The Morgan fingerprint density at radius 3 is 2.65 bits per heavy atom. The molecule has 0 spiro atoms. The van der Waals surface area contributed by atoms with E-state index in [1.807, 2.05) is 19.1 Å². The Balaban J connectivity index is 2.42. The molecule has 0 fully saturated rings. The summed E-state index contributed by atoms with van der Waals surface area (Å²) in [4.78, 5) is 2.25. The van der Waals surface area contributed by atoms with Crippen molar-refractivity contribution in [3.8, 4) is 0 Å². The first kappa shape index (κ1) is 12.5. The van der Waals surface area contributed by atoms with Crippen molar-refractivity contribution in [1.82, 2.24) is 5.43 Å². The molecule has 3 N–H and O–H groups in total. The third kappa shape index (κ3) is 2.66. The summed E-state index contributed by atoms with van der Waals surface area (Å²) in [6.07, 6.45) is 0. The maximum atomic E-state index is 13.0. The van der Waals surface area contributed by atoms with Gasteiger partial charge in [0.25, 0.3) is 0 Å². The zero-order chi connectivity index (χ0) is 12.4. The summed E-state index contributed by atoms with van der Waals surface area (Å²) < 4.78 is 13.0. The van der Waals surface area contributed by atoms with Gasteiger partial charge in [-0.2, -0.15) is 0 Å². The summed E-state index contributed by atoms with van der Waals surface area (Å²) in [7, 11) is 0. The molecule has 0 saturated heterocycles. The molecule has 1 aromatic carbocycles. The van der Waals surface area contributed by atoms with Crippen LogP contribution in [-0.4, -0.2) is 0 Å². The van der Waals surface area contributed by atoms with Gasteiger partial charge in [0.15, 0.2) is 0 Å². The summed E-state index contributed by atoms with van der Waals surface area (Å²) in [6.45, 7) is 2.02. The lowest BCUT2D eigenvalue weighted by Gasteiger charge is -2.16. The van der Waals surface area contributed by atoms with Gasteiger partial charge in [-0.3, -0.25) is 5.84 Å². The van der Waals surface area contributed by atoms with Gasteiger partial charge in [-0.1, -0.05) is 17.7 Å². The second-order valence-electron chi connectivity index (χ2n) is 3.71. The average molecular weight is 271 g/mol. The number of thiophene rings is 1. The predicted molar refractivity (Wildman–Crippen MR) is 69.6 cm³/mol. The van der Waals surface area contributed by atoms with E-state index in [0.717, 1.165) is 10.4 Å². The molecule has 5 heteroatoms. The summed E-state index contributed by atoms with van der Waals surface area (Å²) in [6, 6.07) is 8.12. The molecule has 0 aliphatic heterocycles. The number of hydrogen-bond acceptors (Lipinski definition) is 3. The summed E-state index contributed by atoms with van der Waals surface area (Å²) >= 11 is 7.66. The number of nitrogens with two attached hydrogens (primary N) is 1. The smallest absolute Gasteiger partial charge is 0.124 e. The van der Waals surface area contributed by atoms with E-state index < -0.39 is 0 Å². The van der Waals surface area contributed by atoms with Crippen molar-refractivity contribution in [2.75, 3.05) is 0 Å². The van der Waals surface area contributed by atoms with Crippen molar-refractivity contribution in [2.24, 2.45) is 5.84 Å². The fraction of sp³-hybridized carbons (Fsp3) is 0.167. The van der Waals surface area contributed by atoms with Gasteiger partial charge in [0.2, 0.25) is 0 Å². The van der Waals surface area contributed by atoms with E-state index in [1.54, 1.807) is 17.4 Å². The first-order valence-corrected chi connectivity index (χ1v) is 6.28. The minimum absolute atomic E-state index is 0.207. The van der Waals surface area contributed by atoms with E-state index in [9.17, 15) is 4.39 Å². The molecule has 1 atom stereocenters. The van der Waals surface area contributed by atoms with E-state index in [0.29, 0.717) is 5.02 Å². The monoisotopic (exact) mass is 270 g/mol. The van der Waals surface area contributed by atoms with E-state index in [1.165, 1.54) is 17.0 Å². The van der Waals surface area contributed by atoms with Crippen LogP contribution in [0, 0.1) is 12.7 Å². The van der Waals surface area contributed by atoms with Crippen LogP contribution in [0.1, 0.15) is 21.4 Å². The van der Waals surface area contributed by atoms with E-state index in [-0.39, 0.29) is 11.9 Å². The minimum Gasteiger partial charge on any atom is -0.271 e. The van der Waals surface area contributed by atoms with Crippen molar-refractivity contribution in [1.29, 1.82) is 0 Å². The average Bonchev–Trinajstić information content (AvgIpc) is 2.69. The van der Waals surface area contributed by atoms with Crippen molar-refractivity contribution < 1.29 is 4.39 Å². The Morgan fingerprint density at radius 2 is 2.12 bits per heavy atom. The van der Waals surface area contributed by atoms with E-state index >= 15 is 0 Å². The van der Waals surface area contributed by atoms with Crippen LogP contribution in [0.3, 0.4) is 0 Å². The molecule has 1 unspecified atom stereocenters. The van der Waals surface area contributed by atoms with Crippen molar-refractivity contribution in [3.05, 3.63) is 56.5 Å². The first-order valence-electron chi connectivity index (χ1n) is 5.09. The lowest BCUT2D eigenvalue weighted by Crippen LogP contribution is -2.28. The molecule has 0 aliphatic rings. The van der Waals surface area contributed by atoms with Gasteiger partial charge in [0.1, 0.15) is 5.82 Å². The van der Waals surface area contributed by atoms with Gasteiger partial charge in [0, 0.05) is 14.8 Å². The normalized spacial score (nSPS) is 12.7. The largest absolute Gasteiger partial charge is 0.271 e. The summed E-state index contributed by atoms with van der Waals surface area (Å²) in [5.41, 5.74) is 3.49. The van der Waals surface area contributed by atoms with Gasteiger partial charge < -0.3 is 0 Å². The highest BCUT2D eigenvalue weighted by Gasteiger charge is 2.17. The van der Waals surface area contributed by atoms with Crippen molar-refractivity contribution in [2.45, 2.75) is 13.0 Å². The Hall–Kier alpha value is -0.940. The molecule has 2 rings (SSSR count). The summed E-state index contributed by atoms with van der Waals surface area (Å²) in [5, 5.41) is 0.374. The molecular weight excluding hydrogens is 259 g/mol. The highest BCUT2D eigenvalue weighted by Crippen LogP contribution is 2.32. The first-order chi connectivity index (χ1) is 8.11. The Bertz CT molecular complexity index is 527. The van der Waals surface area contributed by atoms with Crippen LogP contribution in [0.4, 0.5) is 4.39 Å². The molecule has 0 bridgehead atoms. The van der Waals surface area contributed by atoms with Gasteiger partial charge in [0.05, 0.1) is 6.04 Å². The number of nitrogens with one attached hydrogen (secondary N) is 1. The fourth-order valence-corrected chi connectivity index (χ4v) is 2.90. The van der Waals surface area contributed by atoms with Crippen LogP contribution < -0.4 is 11.3 Å². The topological polar surface area (TPSA) is 38.0 Å². The van der Waals surface area contributed by atoms with Crippen LogP contribution in [0.5, 0.6) is 0 Å². The lowest BCUT2D eigenvalue weighted by atomic mass is 10.1. The quantitative estimate of drug-likeness (QED) is 0.663. The number of hydrogen-bond donors (Lipinski definition) is 2. The highest BCUT2D eigenvalue weighted by atomic mass is 35.5. The second kappa shape index (κ2) is 5.14. The van der Waals surface area contributed by atoms with Gasteiger partial charge >= 0.3 is 0 Å². The molecule has 2 aromatic rings. The molecule has 0 radical (unpaired) electrons. The number of benzene rings is 1. The van der Waals surface area contributed by atoms with Crippen LogP contribution in [0.25, 0.3) is 0 Å². The van der Waals surface area contributed by atoms with Crippen molar-refractivity contribution >= 4 is 22.9 Å². The van der Waals surface area contributed by atoms with Crippen molar-refractivity contribution in [3.63, 3.8) is 0 Å². The van der Waals surface area contributed by atoms with Gasteiger partial charge in [-0.25, -0.2) is 9.82 Å². The third-order valence-electron chi connectivity index (χ3n) is 2.49. The molecule has 0 amide bonds. The third-order valence-corrected chi connectivity index (χ3v) is 3.88. The lowest BCUT2D eigenvalue weighted by molar-refractivity contribution is 0.618. The molecule has 1 aromatic heterocycles. The standard InChI is InChI=1S/C12H12ClFN2S/c1-7-2-5-11(17-7)12(16-15)9-4-3-8(14)6-10(9)13/h2-6,12,16H,15H2,1H3. The molecular formula is C12H12ClFN2S. The molecule has 1 heterocycles. The highest BCUT2D eigenvalue weighted by molar-refractivity contribution is 7.12. The summed E-state index contributed by atoms with van der Waals surface area (Å²) in [5.74, 6) is 5.21. The molecule has 2 nitrogen and oxygen atoms in total. The Kier molecular flexibility index (Phi) is 3.79. The minimum atomic E-state index is -0.350. The van der Waals surface area contributed by atoms with Gasteiger partial charge in [-0.05, 0) is 36.8 Å². The van der Waals surface area contributed by atoms with E-state index in [2.05, 4.69) is 5.43 Å². The van der Waals surface area contributed by atoms with Crippen LogP contribution in [0.15, 0.2) is 30.3 Å². The molecule has 90 valence electrons. The van der Waals surface area contributed by atoms with Gasteiger partial charge in [-0.15, -0.1) is 11.3 Å². The molecule has 0 saturated carbocycles. The van der Waals surface area contributed by atoms with Crippen LogP contribution in [-0.2, 0) is 0 Å². The zero-order valence-corrected chi connectivity index (χ0v) is 10.8. The number of aryl methyl sites for hydroxylation is 1. The number of hydrazine groups is 1. The Labute approximate surface area is 108 Å². The maximum absolute atomic E-state index is 13.0. The number of halogens is 2. The maximum Gasteiger partial charge on any atom is 0.124 e. The Morgan fingerprint density at radius 1 is 1.35 bits per heavy atom. The van der Waals surface area contributed by atoms with Crippen LogP contribution >= 0.6 is 22.9 Å². The molecule has 17 heavy (non-hydrogen) atoms. The fourth-order valence-electron chi connectivity index (χ4n) is 1.67. The molecule has 0 aliphatic carbocycles. The van der Waals surface area contributed by atoms with Crippen LogP contribution in [0.2, 0.25) is 5.02 Å². The SMILES string of the molecule is Cc1ccc(C(NN)c2ccc(F)cc2Cl)s1. The zero-order valence-electron chi connectivity index (χ0n) is 9.21. The second-order valence-corrected chi connectivity index (χ2v) is 5.44. The predicted octanol–water partition coefficient (Wildman–Crippen LogP) is 3.40.